The first-order valence-corrected chi connectivity index (χ1v) is 8.27. The van der Waals surface area contributed by atoms with Crippen molar-refractivity contribution in [2.45, 2.75) is 6.42 Å². The molecule has 0 saturated heterocycles. The SMILES string of the molecule is O=C(OCCOc1ccc(Br)cc1)C1COc2ccccc2C1. The smallest absolute Gasteiger partial charge is 0.312 e. The second kappa shape index (κ2) is 7.51. The lowest BCUT2D eigenvalue weighted by atomic mass is 9.97. The van der Waals surface area contributed by atoms with Crippen LogP contribution in [-0.2, 0) is 16.0 Å². The summed E-state index contributed by atoms with van der Waals surface area (Å²) in [5.74, 6) is 1.12. The van der Waals surface area contributed by atoms with Crippen molar-refractivity contribution in [3.05, 3.63) is 58.6 Å². The van der Waals surface area contributed by atoms with Crippen molar-refractivity contribution >= 4 is 21.9 Å². The van der Waals surface area contributed by atoms with Gasteiger partial charge >= 0.3 is 5.97 Å². The van der Waals surface area contributed by atoms with Crippen LogP contribution in [0.3, 0.4) is 0 Å². The Labute approximate surface area is 143 Å². The number of hydrogen-bond donors (Lipinski definition) is 0. The number of fused-ring (bicyclic) bond motifs is 1. The van der Waals surface area contributed by atoms with Crippen molar-refractivity contribution in [2.24, 2.45) is 5.92 Å². The maximum Gasteiger partial charge on any atom is 0.312 e. The average molecular weight is 377 g/mol. The van der Waals surface area contributed by atoms with E-state index in [0.717, 1.165) is 21.5 Å². The number of benzene rings is 2. The van der Waals surface area contributed by atoms with E-state index >= 15 is 0 Å². The maximum absolute atomic E-state index is 12.1. The van der Waals surface area contributed by atoms with Gasteiger partial charge in [-0.05, 0) is 42.3 Å². The number of carbonyl (C=O) groups excluding carboxylic acids is 1. The first-order valence-electron chi connectivity index (χ1n) is 7.48. The quantitative estimate of drug-likeness (QED) is 0.590. The van der Waals surface area contributed by atoms with Gasteiger partial charge < -0.3 is 14.2 Å². The van der Waals surface area contributed by atoms with Crippen LogP contribution in [-0.4, -0.2) is 25.8 Å². The van der Waals surface area contributed by atoms with Gasteiger partial charge in [0.25, 0.3) is 0 Å². The van der Waals surface area contributed by atoms with E-state index in [1.54, 1.807) is 0 Å². The Hall–Kier alpha value is -2.01. The minimum atomic E-state index is -0.252. The summed E-state index contributed by atoms with van der Waals surface area (Å²) in [5.41, 5.74) is 1.05. The van der Waals surface area contributed by atoms with Crippen LogP contribution < -0.4 is 9.47 Å². The number of ether oxygens (including phenoxy) is 3. The lowest BCUT2D eigenvalue weighted by Crippen LogP contribution is -2.30. The fourth-order valence-electron chi connectivity index (χ4n) is 2.43. The highest BCUT2D eigenvalue weighted by atomic mass is 79.9. The van der Waals surface area contributed by atoms with Crippen LogP contribution in [0, 0.1) is 5.92 Å². The summed E-state index contributed by atoms with van der Waals surface area (Å²) in [6.45, 7) is 0.925. The third kappa shape index (κ3) is 4.26. The standard InChI is InChI=1S/C18H17BrO4/c19-15-5-7-16(8-6-15)21-9-10-22-18(20)14-11-13-3-1-2-4-17(13)23-12-14/h1-8,14H,9-12H2. The topological polar surface area (TPSA) is 44.8 Å². The number of hydrogen-bond acceptors (Lipinski definition) is 4. The van der Waals surface area contributed by atoms with E-state index in [9.17, 15) is 4.79 Å². The summed E-state index contributed by atoms with van der Waals surface area (Å²) in [7, 11) is 0. The molecule has 0 spiro atoms. The lowest BCUT2D eigenvalue weighted by molar-refractivity contribution is -0.150. The van der Waals surface area contributed by atoms with E-state index in [-0.39, 0.29) is 18.5 Å². The second-order valence-electron chi connectivity index (χ2n) is 5.29. The molecule has 0 saturated carbocycles. The van der Waals surface area contributed by atoms with E-state index in [1.165, 1.54) is 0 Å². The van der Waals surface area contributed by atoms with E-state index in [2.05, 4.69) is 15.9 Å². The normalized spacial score (nSPS) is 16.1. The molecule has 1 atom stereocenters. The van der Waals surface area contributed by atoms with Crippen LogP contribution in [0.25, 0.3) is 0 Å². The minimum Gasteiger partial charge on any atom is -0.492 e. The zero-order valence-electron chi connectivity index (χ0n) is 12.5. The molecule has 1 unspecified atom stereocenters. The molecule has 2 aromatic rings. The Kier molecular flexibility index (Phi) is 5.18. The maximum atomic E-state index is 12.1. The van der Waals surface area contributed by atoms with Crippen LogP contribution >= 0.6 is 15.9 Å². The summed E-state index contributed by atoms with van der Waals surface area (Å²) in [4.78, 5) is 12.1. The van der Waals surface area contributed by atoms with Gasteiger partial charge in [-0.15, -0.1) is 0 Å². The van der Waals surface area contributed by atoms with Crippen LogP contribution in [0.2, 0.25) is 0 Å². The molecule has 2 aromatic carbocycles. The molecule has 1 aliphatic heterocycles. The van der Waals surface area contributed by atoms with Crippen LogP contribution in [0.1, 0.15) is 5.56 Å². The first kappa shape index (κ1) is 15.9. The molecule has 0 bridgehead atoms. The van der Waals surface area contributed by atoms with E-state index < -0.39 is 0 Å². The molecule has 0 amide bonds. The van der Waals surface area contributed by atoms with E-state index in [4.69, 9.17) is 14.2 Å². The predicted molar refractivity (Wildman–Crippen MR) is 89.7 cm³/mol. The van der Waals surface area contributed by atoms with Gasteiger partial charge in [0.05, 0.1) is 5.92 Å². The van der Waals surface area contributed by atoms with Crippen molar-refractivity contribution < 1.29 is 19.0 Å². The molecular formula is C18H17BrO4. The van der Waals surface area contributed by atoms with Gasteiger partial charge in [0.15, 0.2) is 0 Å². The van der Waals surface area contributed by atoms with Crippen molar-refractivity contribution in [3.63, 3.8) is 0 Å². The monoisotopic (exact) mass is 376 g/mol. The summed E-state index contributed by atoms with van der Waals surface area (Å²) in [6, 6.07) is 15.3. The zero-order valence-corrected chi connectivity index (χ0v) is 14.1. The van der Waals surface area contributed by atoms with Gasteiger partial charge in [0.1, 0.15) is 31.3 Å². The van der Waals surface area contributed by atoms with Crippen molar-refractivity contribution in [2.75, 3.05) is 19.8 Å². The second-order valence-corrected chi connectivity index (χ2v) is 6.21. The fraction of sp³-hybridized carbons (Fsp3) is 0.278. The van der Waals surface area contributed by atoms with Gasteiger partial charge in [-0.2, -0.15) is 0 Å². The summed E-state index contributed by atoms with van der Waals surface area (Å²) in [5, 5.41) is 0. The minimum absolute atomic E-state index is 0.229. The Morgan fingerprint density at radius 2 is 1.91 bits per heavy atom. The van der Waals surface area contributed by atoms with Crippen LogP contribution in [0.15, 0.2) is 53.0 Å². The molecule has 0 N–H and O–H groups in total. The van der Waals surface area contributed by atoms with Crippen molar-refractivity contribution in [1.29, 1.82) is 0 Å². The molecule has 1 aliphatic rings. The van der Waals surface area contributed by atoms with Gasteiger partial charge in [-0.25, -0.2) is 0 Å². The zero-order chi connectivity index (χ0) is 16.1. The molecular weight excluding hydrogens is 360 g/mol. The van der Waals surface area contributed by atoms with Gasteiger partial charge in [-0.3, -0.25) is 4.79 Å². The summed E-state index contributed by atoms with van der Waals surface area (Å²) >= 11 is 3.37. The van der Waals surface area contributed by atoms with Crippen molar-refractivity contribution in [1.82, 2.24) is 0 Å². The number of carbonyl (C=O) groups is 1. The van der Waals surface area contributed by atoms with Gasteiger partial charge in [-0.1, -0.05) is 34.1 Å². The molecule has 23 heavy (non-hydrogen) atoms. The third-order valence-corrected chi connectivity index (χ3v) is 4.15. The lowest BCUT2D eigenvalue weighted by Gasteiger charge is -2.23. The molecule has 4 nitrogen and oxygen atoms in total. The molecule has 120 valence electrons. The Balaban J connectivity index is 1.42. The first-order chi connectivity index (χ1) is 11.2. The Morgan fingerprint density at radius 3 is 2.74 bits per heavy atom. The molecule has 1 heterocycles. The predicted octanol–water partition coefficient (Wildman–Crippen LogP) is 3.62. The Bertz CT molecular complexity index is 669. The largest absolute Gasteiger partial charge is 0.492 e. The molecule has 0 fully saturated rings. The molecule has 0 radical (unpaired) electrons. The Morgan fingerprint density at radius 1 is 1.13 bits per heavy atom. The number of para-hydroxylation sites is 1. The molecule has 5 heteroatoms. The van der Waals surface area contributed by atoms with E-state index in [0.29, 0.717) is 19.6 Å². The molecule has 0 aromatic heterocycles. The van der Waals surface area contributed by atoms with Crippen molar-refractivity contribution in [3.8, 4) is 11.5 Å². The highest BCUT2D eigenvalue weighted by molar-refractivity contribution is 9.10. The number of esters is 1. The van der Waals surface area contributed by atoms with Crippen LogP contribution in [0.5, 0.6) is 11.5 Å². The number of halogens is 1. The van der Waals surface area contributed by atoms with Crippen LogP contribution in [0.4, 0.5) is 0 Å². The highest BCUT2D eigenvalue weighted by Gasteiger charge is 2.26. The molecule has 3 rings (SSSR count). The summed E-state index contributed by atoms with van der Waals surface area (Å²) in [6.07, 6.45) is 0.655. The number of rotatable bonds is 5. The average Bonchev–Trinajstić information content (AvgIpc) is 2.59. The highest BCUT2D eigenvalue weighted by Crippen LogP contribution is 2.27. The van der Waals surface area contributed by atoms with Gasteiger partial charge in [0, 0.05) is 4.47 Å². The molecule has 0 aliphatic carbocycles. The fourth-order valence-corrected chi connectivity index (χ4v) is 2.69. The van der Waals surface area contributed by atoms with E-state index in [1.807, 2.05) is 48.5 Å². The van der Waals surface area contributed by atoms with Gasteiger partial charge in [0.2, 0.25) is 0 Å². The third-order valence-electron chi connectivity index (χ3n) is 3.62. The summed E-state index contributed by atoms with van der Waals surface area (Å²) < 4.78 is 17.4.